The summed E-state index contributed by atoms with van der Waals surface area (Å²) in [5, 5.41) is 8.29. The molecular weight excluding hydrogens is 192 g/mol. The summed E-state index contributed by atoms with van der Waals surface area (Å²) in [7, 11) is 0. The van der Waals surface area contributed by atoms with E-state index in [2.05, 4.69) is 0 Å². The summed E-state index contributed by atoms with van der Waals surface area (Å²) >= 11 is 1.04. The van der Waals surface area contributed by atoms with Crippen molar-refractivity contribution in [2.24, 2.45) is 0 Å². The fourth-order valence-electron chi connectivity index (χ4n) is 0.593. The third kappa shape index (κ3) is 9.20. The van der Waals surface area contributed by atoms with Crippen molar-refractivity contribution in [2.75, 3.05) is 11.5 Å². The van der Waals surface area contributed by atoms with E-state index in [1.54, 1.807) is 20.8 Å². The zero-order valence-corrected chi connectivity index (χ0v) is 8.81. The number of carbonyl (C=O) groups is 2. The van der Waals surface area contributed by atoms with E-state index >= 15 is 0 Å². The third-order valence-electron chi connectivity index (χ3n) is 0.865. The summed E-state index contributed by atoms with van der Waals surface area (Å²) < 4.78 is 4.97. The van der Waals surface area contributed by atoms with Crippen LogP contribution in [0.25, 0.3) is 0 Å². The molecule has 0 heterocycles. The highest BCUT2D eigenvalue weighted by Gasteiger charge is 2.16. The number of aliphatic carboxylic acids is 1. The van der Waals surface area contributed by atoms with Gasteiger partial charge in [0.1, 0.15) is 5.60 Å². The van der Waals surface area contributed by atoms with Crippen molar-refractivity contribution in [1.82, 2.24) is 0 Å². The molecule has 0 radical (unpaired) electrons. The van der Waals surface area contributed by atoms with Gasteiger partial charge in [-0.05, 0) is 20.8 Å². The molecule has 0 aliphatic carbocycles. The summed E-state index contributed by atoms with van der Waals surface area (Å²) in [5.41, 5.74) is -0.499. The summed E-state index contributed by atoms with van der Waals surface area (Å²) in [5.74, 6) is -1.28. The number of rotatable bonds is 4. The van der Waals surface area contributed by atoms with E-state index in [-0.39, 0.29) is 17.5 Å². The summed E-state index contributed by atoms with van der Waals surface area (Å²) in [4.78, 5) is 21.1. The number of carboxylic acids is 1. The molecule has 13 heavy (non-hydrogen) atoms. The van der Waals surface area contributed by atoms with Gasteiger partial charge in [0.15, 0.2) is 0 Å². The predicted molar refractivity (Wildman–Crippen MR) is 50.8 cm³/mol. The Balaban J connectivity index is 3.59. The van der Waals surface area contributed by atoms with Gasteiger partial charge in [-0.2, -0.15) is 0 Å². The first-order valence-electron chi connectivity index (χ1n) is 3.82. The lowest BCUT2D eigenvalue weighted by Crippen LogP contribution is -2.25. The Morgan fingerprint density at radius 3 is 2.23 bits per heavy atom. The Morgan fingerprint density at radius 1 is 1.31 bits per heavy atom. The van der Waals surface area contributed by atoms with Gasteiger partial charge in [0.2, 0.25) is 0 Å². The van der Waals surface area contributed by atoms with Crippen LogP contribution in [0.2, 0.25) is 0 Å². The van der Waals surface area contributed by atoms with Gasteiger partial charge in [-0.25, -0.2) is 0 Å². The van der Waals surface area contributed by atoms with Gasteiger partial charge in [-0.15, -0.1) is 11.8 Å². The van der Waals surface area contributed by atoms with E-state index in [1.807, 2.05) is 0 Å². The van der Waals surface area contributed by atoms with Crippen LogP contribution in [0.5, 0.6) is 0 Å². The van der Waals surface area contributed by atoms with Crippen molar-refractivity contribution in [3.8, 4) is 0 Å². The van der Waals surface area contributed by atoms with E-state index in [0.29, 0.717) is 0 Å². The summed E-state index contributed by atoms with van der Waals surface area (Å²) in [6.45, 7) is 5.31. The average Bonchev–Trinajstić information content (AvgIpc) is 1.81. The number of esters is 1. The van der Waals surface area contributed by atoms with E-state index in [1.165, 1.54) is 0 Å². The molecule has 0 rings (SSSR count). The maximum atomic E-state index is 11.0. The highest BCUT2D eigenvalue weighted by Crippen LogP contribution is 2.09. The average molecular weight is 206 g/mol. The molecule has 0 aromatic carbocycles. The first-order chi connectivity index (χ1) is 5.81. The standard InChI is InChI=1S/C8H14O4S/c1-8(2,3)12-7(11)5-13-4-6(9)10/h4-5H2,1-3H3,(H,9,10). The van der Waals surface area contributed by atoms with Crippen LogP contribution in [0.1, 0.15) is 20.8 Å². The van der Waals surface area contributed by atoms with E-state index in [4.69, 9.17) is 9.84 Å². The van der Waals surface area contributed by atoms with Crippen molar-refractivity contribution in [3.63, 3.8) is 0 Å². The van der Waals surface area contributed by atoms with Crippen molar-refractivity contribution in [3.05, 3.63) is 0 Å². The number of ether oxygens (including phenoxy) is 1. The molecule has 0 spiro atoms. The van der Waals surface area contributed by atoms with Crippen LogP contribution < -0.4 is 0 Å². The lowest BCUT2D eigenvalue weighted by molar-refractivity contribution is -0.151. The third-order valence-corrected chi connectivity index (χ3v) is 1.76. The fourth-order valence-corrected chi connectivity index (χ4v) is 1.09. The van der Waals surface area contributed by atoms with Gasteiger partial charge >= 0.3 is 11.9 Å². The van der Waals surface area contributed by atoms with Gasteiger partial charge in [0.25, 0.3) is 0 Å². The monoisotopic (exact) mass is 206 g/mol. The van der Waals surface area contributed by atoms with Crippen LogP contribution in [0.15, 0.2) is 0 Å². The fraction of sp³-hybridized carbons (Fsp3) is 0.750. The Bertz CT molecular complexity index is 195. The molecule has 0 bridgehead atoms. The molecular formula is C8H14O4S. The van der Waals surface area contributed by atoms with E-state index in [9.17, 15) is 9.59 Å². The molecule has 0 aliphatic rings. The molecule has 0 aromatic heterocycles. The zero-order valence-electron chi connectivity index (χ0n) is 7.99. The van der Waals surface area contributed by atoms with Crippen LogP contribution in [0.4, 0.5) is 0 Å². The predicted octanol–water partition coefficient (Wildman–Crippen LogP) is 1.15. The lowest BCUT2D eigenvalue weighted by Gasteiger charge is -2.19. The minimum Gasteiger partial charge on any atom is -0.481 e. The minimum absolute atomic E-state index is 0.0702. The molecule has 4 nitrogen and oxygen atoms in total. The number of hydrogen-bond donors (Lipinski definition) is 1. The molecule has 0 unspecified atom stereocenters. The number of carboxylic acid groups (broad SMARTS) is 1. The maximum absolute atomic E-state index is 11.0. The van der Waals surface area contributed by atoms with Crippen molar-refractivity contribution >= 4 is 23.7 Å². The van der Waals surface area contributed by atoms with Crippen LogP contribution in [-0.2, 0) is 14.3 Å². The normalized spacial score (nSPS) is 11.0. The number of hydrogen-bond acceptors (Lipinski definition) is 4. The lowest BCUT2D eigenvalue weighted by atomic mass is 10.2. The number of carbonyl (C=O) groups excluding carboxylic acids is 1. The minimum atomic E-state index is -0.923. The quantitative estimate of drug-likeness (QED) is 0.699. The number of thioether (sulfide) groups is 1. The van der Waals surface area contributed by atoms with E-state index < -0.39 is 11.6 Å². The smallest absolute Gasteiger partial charge is 0.316 e. The first-order valence-corrected chi connectivity index (χ1v) is 4.98. The molecule has 0 aliphatic heterocycles. The SMILES string of the molecule is CC(C)(C)OC(=O)CSCC(=O)O. The molecule has 0 saturated heterocycles. The van der Waals surface area contributed by atoms with Crippen LogP contribution >= 0.6 is 11.8 Å². The maximum Gasteiger partial charge on any atom is 0.316 e. The van der Waals surface area contributed by atoms with Crippen LogP contribution in [0, 0.1) is 0 Å². The highest BCUT2D eigenvalue weighted by molar-refractivity contribution is 8.00. The van der Waals surface area contributed by atoms with Gasteiger partial charge in [-0.3, -0.25) is 9.59 Å². The van der Waals surface area contributed by atoms with Gasteiger partial charge < -0.3 is 9.84 Å². The van der Waals surface area contributed by atoms with Gasteiger partial charge in [-0.1, -0.05) is 0 Å². The Labute approximate surface area is 81.6 Å². The Kier molecular flexibility index (Phi) is 4.83. The molecule has 0 amide bonds. The first kappa shape index (κ1) is 12.3. The molecule has 0 saturated carbocycles. The van der Waals surface area contributed by atoms with Crippen molar-refractivity contribution in [2.45, 2.75) is 26.4 Å². The topological polar surface area (TPSA) is 63.6 Å². The molecule has 0 fully saturated rings. The largest absolute Gasteiger partial charge is 0.481 e. The van der Waals surface area contributed by atoms with Crippen LogP contribution in [-0.4, -0.2) is 34.2 Å². The Morgan fingerprint density at radius 2 is 1.85 bits per heavy atom. The molecule has 76 valence electrons. The molecule has 5 heteroatoms. The van der Waals surface area contributed by atoms with Gasteiger partial charge in [0, 0.05) is 0 Å². The second kappa shape index (κ2) is 5.11. The van der Waals surface area contributed by atoms with Gasteiger partial charge in [0.05, 0.1) is 11.5 Å². The second-order valence-electron chi connectivity index (χ2n) is 3.47. The van der Waals surface area contributed by atoms with Crippen LogP contribution in [0.3, 0.4) is 0 Å². The Hall–Kier alpha value is -0.710. The molecule has 0 atom stereocenters. The molecule has 1 N–H and O–H groups in total. The van der Waals surface area contributed by atoms with E-state index in [0.717, 1.165) is 11.8 Å². The second-order valence-corrected chi connectivity index (χ2v) is 4.46. The summed E-state index contributed by atoms with van der Waals surface area (Å²) in [6, 6.07) is 0. The van der Waals surface area contributed by atoms with Crippen molar-refractivity contribution < 1.29 is 19.4 Å². The summed E-state index contributed by atoms with van der Waals surface area (Å²) in [6.07, 6.45) is 0. The molecule has 0 aromatic rings. The highest BCUT2D eigenvalue weighted by atomic mass is 32.2. The zero-order chi connectivity index (χ0) is 10.5. The van der Waals surface area contributed by atoms with Crippen molar-refractivity contribution in [1.29, 1.82) is 0 Å².